The van der Waals surface area contributed by atoms with Gasteiger partial charge in [0.1, 0.15) is 5.76 Å². The summed E-state index contributed by atoms with van der Waals surface area (Å²) < 4.78 is 5.28. The minimum Gasteiger partial charge on any atom is -0.468 e. The lowest BCUT2D eigenvalue weighted by atomic mass is 9.91. The number of rotatable bonds is 10. The summed E-state index contributed by atoms with van der Waals surface area (Å²) in [7, 11) is 0. The third-order valence-electron chi connectivity index (χ3n) is 3.60. The number of hydrogen-bond acceptors (Lipinski definition) is 4. The Morgan fingerprint density at radius 3 is 2.74 bits per heavy atom. The summed E-state index contributed by atoms with van der Waals surface area (Å²) in [4.78, 5) is 1.23. The highest BCUT2D eigenvalue weighted by Gasteiger charge is 2.25. The Labute approximate surface area is 121 Å². The van der Waals surface area contributed by atoms with Crippen LogP contribution in [0.25, 0.3) is 0 Å². The molecule has 3 nitrogen and oxygen atoms in total. The summed E-state index contributed by atoms with van der Waals surface area (Å²) in [6.07, 6.45) is 5.93. The molecule has 1 aromatic rings. The average Bonchev–Trinajstić information content (AvgIpc) is 2.84. The first kappa shape index (κ1) is 16.6. The van der Waals surface area contributed by atoms with Gasteiger partial charge in [0.2, 0.25) is 0 Å². The van der Waals surface area contributed by atoms with Crippen LogP contribution in [0.2, 0.25) is 0 Å². The number of aliphatic hydroxyl groups is 1. The monoisotopic (exact) mass is 285 g/mol. The molecule has 0 saturated carbocycles. The third-order valence-corrected chi connectivity index (χ3v) is 4.83. The Hall–Kier alpha value is -0.450. The smallest absolute Gasteiger partial charge is 0.114 e. The fourth-order valence-electron chi connectivity index (χ4n) is 2.14. The second kappa shape index (κ2) is 8.67. The lowest BCUT2D eigenvalue weighted by molar-refractivity contribution is 0.146. The minimum atomic E-state index is -0.0952. The van der Waals surface area contributed by atoms with Crippen LogP contribution in [-0.4, -0.2) is 29.5 Å². The van der Waals surface area contributed by atoms with E-state index in [1.165, 1.54) is 4.90 Å². The highest BCUT2D eigenvalue weighted by molar-refractivity contribution is 7.99. The molecule has 1 atom stereocenters. The van der Waals surface area contributed by atoms with Gasteiger partial charge in [-0.2, -0.15) is 0 Å². The highest BCUT2D eigenvalue weighted by Crippen LogP contribution is 2.26. The van der Waals surface area contributed by atoms with Crippen molar-refractivity contribution in [3.63, 3.8) is 0 Å². The highest BCUT2D eigenvalue weighted by atomic mass is 32.2. The van der Waals surface area contributed by atoms with Crippen LogP contribution < -0.4 is 5.32 Å². The number of nitrogens with one attached hydrogen (secondary N) is 1. The number of thioether (sulfide) groups is 1. The van der Waals surface area contributed by atoms with E-state index in [1.54, 1.807) is 6.26 Å². The molecule has 19 heavy (non-hydrogen) atoms. The molecule has 1 rings (SSSR count). The Morgan fingerprint density at radius 1 is 1.42 bits per heavy atom. The molecular weight excluding hydrogens is 258 g/mol. The van der Waals surface area contributed by atoms with Crippen LogP contribution in [-0.2, 0) is 0 Å². The van der Waals surface area contributed by atoms with Gasteiger partial charge in [-0.15, -0.1) is 11.8 Å². The lowest BCUT2D eigenvalue weighted by Gasteiger charge is -2.32. The molecule has 4 heteroatoms. The fourth-order valence-corrected chi connectivity index (χ4v) is 3.05. The molecule has 1 unspecified atom stereocenters. The first-order valence-corrected chi connectivity index (χ1v) is 8.18. The molecular formula is C15H27NO2S. The van der Waals surface area contributed by atoms with Gasteiger partial charge in [-0.05, 0) is 51.0 Å². The van der Waals surface area contributed by atoms with Crippen LogP contribution in [0.4, 0.5) is 0 Å². The Kier molecular flexibility index (Phi) is 7.57. The van der Waals surface area contributed by atoms with Crippen LogP contribution in [0.1, 0.15) is 45.3 Å². The summed E-state index contributed by atoms with van der Waals surface area (Å²) in [5, 5.41) is 13.2. The standard InChI is InChI=1S/C15H27NO2S/c1-4-9-16-15(5-2,12-17)8-6-11-19-14-7-10-18-13(14)3/h7,10,16-17H,4-6,8-9,11-12H2,1-3H3. The molecule has 0 saturated heterocycles. The number of furan rings is 1. The third kappa shape index (κ3) is 5.21. The summed E-state index contributed by atoms with van der Waals surface area (Å²) in [6, 6.07) is 2.02. The maximum atomic E-state index is 9.65. The van der Waals surface area contributed by atoms with Crippen molar-refractivity contribution in [2.24, 2.45) is 0 Å². The number of aryl methyl sites for hydroxylation is 1. The predicted molar refractivity (Wildman–Crippen MR) is 81.8 cm³/mol. The van der Waals surface area contributed by atoms with Crippen molar-refractivity contribution in [1.82, 2.24) is 5.32 Å². The predicted octanol–water partition coefficient (Wildman–Crippen LogP) is 3.60. The van der Waals surface area contributed by atoms with E-state index in [2.05, 4.69) is 19.2 Å². The molecule has 2 N–H and O–H groups in total. The first-order chi connectivity index (χ1) is 9.17. The summed E-state index contributed by atoms with van der Waals surface area (Å²) in [6.45, 7) is 7.49. The first-order valence-electron chi connectivity index (χ1n) is 7.20. The second-order valence-corrected chi connectivity index (χ2v) is 6.15. The average molecular weight is 285 g/mol. The van der Waals surface area contributed by atoms with Crippen molar-refractivity contribution in [3.05, 3.63) is 18.1 Å². The lowest BCUT2D eigenvalue weighted by Crippen LogP contribution is -2.48. The molecule has 0 amide bonds. The molecule has 110 valence electrons. The van der Waals surface area contributed by atoms with Crippen LogP contribution in [0.15, 0.2) is 21.6 Å². The van der Waals surface area contributed by atoms with Gasteiger partial charge < -0.3 is 14.8 Å². The normalized spacial score (nSPS) is 14.5. The Bertz CT molecular complexity index is 348. The van der Waals surface area contributed by atoms with E-state index >= 15 is 0 Å². The van der Waals surface area contributed by atoms with E-state index in [0.29, 0.717) is 0 Å². The fraction of sp³-hybridized carbons (Fsp3) is 0.733. The molecule has 0 spiro atoms. The van der Waals surface area contributed by atoms with Gasteiger partial charge in [0, 0.05) is 10.4 Å². The Morgan fingerprint density at radius 2 is 2.21 bits per heavy atom. The Balaban J connectivity index is 2.33. The molecule has 0 aromatic carbocycles. The molecule has 0 fully saturated rings. The van der Waals surface area contributed by atoms with Crippen molar-refractivity contribution >= 4 is 11.8 Å². The molecule has 0 bridgehead atoms. The SMILES string of the molecule is CCCNC(CC)(CO)CCCSc1ccoc1C. The molecule has 1 aromatic heterocycles. The van der Waals surface area contributed by atoms with E-state index < -0.39 is 0 Å². The van der Waals surface area contributed by atoms with E-state index in [9.17, 15) is 5.11 Å². The van der Waals surface area contributed by atoms with Crippen molar-refractivity contribution in [2.45, 2.75) is 56.9 Å². The molecule has 0 aliphatic rings. The van der Waals surface area contributed by atoms with Gasteiger partial charge in [-0.25, -0.2) is 0 Å². The zero-order valence-corrected chi connectivity index (χ0v) is 13.2. The number of aliphatic hydroxyl groups excluding tert-OH is 1. The van der Waals surface area contributed by atoms with Crippen molar-refractivity contribution < 1.29 is 9.52 Å². The zero-order valence-electron chi connectivity index (χ0n) is 12.4. The summed E-state index contributed by atoms with van der Waals surface area (Å²) in [5.41, 5.74) is -0.0952. The quantitative estimate of drug-likeness (QED) is 0.509. The molecule has 0 aliphatic heterocycles. The molecule has 0 radical (unpaired) electrons. The van der Waals surface area contributed by atoms with E-state index in [4.69, 9.17) is 4.42 Å². The summed E-state index contributed by atoms with van der Waals surface area (Å²) in [5.74, 6) is 2.06. The van der Waals surface area contributed by atoms with Crippen molar-refractivity contribution in [2.75, 3.05) is 18.9 Å². The van der Waals surface area contributed by atoms with Gasteiger partial charge in [-0.1, -0.05) is 13.8 Å². The van der Waals surface area contributed by atoms with E-state index in [0.717, 1.165) is 43.7 Å². The molecule has 0 aliphatic carbocycles. The molecule has 1 heterocycles. The number of hydrogen-bond donors (Lipinski definition) is 2. The van der Waals surface area contributed by atoms with Gasteiger partial charge >= 0.3 is 0 Å². The largest absolute Gasteiger partial charge is 0.468 e. The second-order valence-electron chi connectivity index (χ2n) is 5.01. The maximum Gasteiger partial charge on any atom is 0.114 e. The van der Waals surface area contributed by atoms with Crippen LogP contribution in [0, 0.1) is 6.92 Å². The topological polar surface area (TPSA) is 45.4 Å². The van der Waals surface area contributed by atoms with Gasteiger partial charge in [0.15, 0.2) is 0 Å². The summed E-state index contributed by atoms with van der Waals surface area (Å²) >= 11 is 1.84. The maximum absolute atomic E-state index is 9.65. The van der Waals surface area contributed by atoms with Crippen molar-refractivity contribution in [1.29, 1.82) is 0 Å². The minimum absolute atomic E-state index is 0.0952. The van der Waals surface area contributed by atoms with Crippen LogP contribution in [0.5, 0.6) is 0 Å². The van der Waals surface area contributed by atoms with Crippen molar-refractivity contribution in [3.8, 4) is 0 Å². The van der Waals surface area contributed by atoms with Crippen LogP contribution in [0.3, 0.4) is 0 Å². The van der Waals surface area contributed by atoms with Gasteiger partial charge in [0.05, 0.1) is 12.9 Å². The van der Waals surface area contributed by atoms with E-state index in [-0.39, 0.29) is 12.1 Å². The van der Waals surface area contributed by atoms with Crippen LogP contribution >= 0.6 is 11.8 Å². The van der Waals surface area contributed by atoms with Gasteiger partial charge in [-0.3, -0.25) is 0 Å². The van der Waals surface area contributed by atoms with E-state index in [1.807, 2.05) is 24.8 Å². The zero-order chi connectivity index (χ0) is 14.1. The van der Waals surface area contributed by atoms with Gasteiger partial charge in [0.25, 0.3) is 0 Å².